The third-order valence-corrected chi connectivity index (χ3v) is 7.27. The van der Waals surface area contributed by atoms with Crippen LogP contribution in [0, 0.1) is 0 Å². The van der Waals surface area contributed by atoms with Crippen LogP contribution in [0.4, 0.5) is 23.4 Å². The van der Waals surface area contributed by atoms with Crippen LogP contribution in [0.3, 0.4) is 0 Å². The Morgan fingerprint density at radius 3 is 2.43 bits per heavy atom. The Bertz CT molecular complexity index is 1620. The van der Waals surface area contributed by atoms with Gasteiger partial charge in [-0.25, -0.2) is 13.8 Å². The Kier molecular flexibility index (Phi) is 11.2. The van der Waals surface area contributed by atoms with Crippen LogP contribution in [-0.4, -0.2) is 72.2 Å². The van der Waals surface area contributed by atoms with Gasteiger partial charge in [0.1, 0.15) is 17.1 Å². The van der Waals surface area contributed by atoms with E-state index >= 15 is 0 Å². The van der Waals surface area contributed by atoms with Crippen LogP contribution in [0.1, 0.15) is 64.6 Å². The molecular formula is C32H37F4N5O5. The van der Waals surface area contributed by atoms with E-state index in [1.165, 1.54) is 35.9 Å². The van der Waals surface area contributed by atoms with Gasteiger partial charge in [-0.3, -0.25) is 14.4 Å². The number of methoxy groups -OCH3 is 1. The number of likely N-dealkylation sites (tertiary alicyclic amines) is 1. The third-order valence-electron chi connectivity index (χ3n) is 7.27. The monoisotopic (exact) mass is 647 g/mol. The molecule has 2 amide bonds. The Morgan fingerprint density at radius 1 is 1.09 bits per heavy atom. The maximum Gasteiger partial charge on any atom is 0.387 e. The van der Waals surface area contributed by atoms with E-state index in [1.54, 1.807) is 19.4 Å². The highest BCUT2D eigenvalue weighted by atomic mass is 19.3. The predicted molar refractivity (Wildman–Crippen MR) is 164 cm³/mol. The smallest absolute Gasteiger partial charge is 0.387 e. The highest BCUT2D eigenvalue weighted by molar-refractivity contribution is 6.05. The van der Waals surface area contributed by atoms with Crippen molar-refractivity contribution >= 4 is 17.6 Å². The van der Waals surface area contributed by atoms with Crippen molar-refractivity contribution in [1.29, 1.82) is 0 Å². The van der Waals surface area contributed by atoms with Crippen molar-refractivity contribution in [3.63, 3.8) is 0 Å². The lowest BCUT2D eigenvalue weighted by Crippen LogP contribution is -2.58. The van der Waals surface area contributed by atoms with Crippen molar-refractivity contribution in [2.45, 2.75) is 51.7 Å². The zero-order chi connectivity index (χ0) is 33.6. The first kappa shape index (κ1) is 34.6. The van der Waals surface area contributed by atoms with Crippen molar-refractivity contribution in [3.8, 4) is 16.9 Å². The van der Waals surface area contributed by atoms with Gasteiger partial charge >= 0.3 is 6.61 Å². The van der Waals surface area contributed by atoms with Crippen LogP contribution in [0.2, 0.25) is 0 Å². The van der Waals surface area contributed by atoms with Crippen molar-refractivity contribution in [3.05, 3.63) is 75.3 Å². The molecule has 5 rings (SSSR count). The average molecular weight is 648 g/mol. The number of alkyl halides is 4. The van der Waals surface area contributed by atoms with Gasteiger partial charge in [0.05, 0.1) is 25.3 Å². The summed E-state index contributed by atoms with van der Waals surface area (Å²) in [6, 6.07) is 8.40. The highest BCUT2D eigenvalue weighted by Gasteiger charge is 2.46. The first-order chi connectivity index (χ1) is 21.9. The predicted octanol–water partition coefficient (Wildman–Crippen LogP) is 5.03. The molecule has 2 aromatic heterocycles. The van der Waals surface area contributed by atoms with E-state index in [4.69, 9.17) is 4.74 Å². The number of hydrogen-bond acceptors (Lipinski definition) is 7. The molecule has 0 atom stereocenters. The summed E-state index contributed by atoms with van der Waals surface area (Å²) in [5.74, 6) is -4.63. The molecule has 3 heterocycles. The second kappa shape index (κ2) is 14.9. The van der Waals surface area contributed by atoms with Crippen molar-refractivity contribution in [2.75, 3.05) is 38.7 Å². The van der Waals surface area contributed by atoms with Gasteiger partial charge in [-0.05, 0) is 65.9 Å². The minimum atomic E-state index is -3.16. The SMILES string of the molecule is CC.COCCNCc1cc(C(=O)Nc2cc(-c3ccc(OC(F)F)cc3C(=O)N3CC(F)(F)C3)cc(C3CC3)n2)c(=O)n(C)c1. The van der Waals surface area contributed by atoms with Gasteiger partial charge in [-0.1, -0.05) is 13.8 Å². The van der Waals surface area contributed by atoms with Gasteiger partial charge in [0.2, 0.25) is 0 Å². The van der Waals surface area contributed by atoms with Crippen LogP contribution in [0.5, 0.6) is 5.75 Å². The summed E-state index contributed by atoms with van der Waals surface area (Å²) in [6.07, 6.45) is 3.31. The van der Waals surface area contributed by atoms with Crippen LogP contribution < -0.4 is 20.9 Å². The number of rotatable bonds is 12. The number of amides is 2. The molecule has 2 fully saturated rings. The topological polar surface area (TPSA) is 115 Å². The lowest BCUT2D eigenvalue weighted by atomic mass is 9.96. The second-order valence-corrected chi connectivity index (χ2v) is 10.8. The average Bonchev–Trinajstić information content (AvgIpc) is 3.86. The minimum Gasteiger partial charge on any atom is -0.435 e. The molecule has 10 nitrogen and oxygen atoms in total. The normalized spacial score (nSPS) is 15.1. The molecule has 0 unspecified atom stereocenters. The number of halogens is 4. The number of nitrogens with one attached hydrogen (secondary N) is 2. The fourth-order valence-corrected chi connectivity index (χ4v) is 4.95. The van der Waals surface area contributed by atoms with Crippen LogP contribution in [0.15, 0.2) is 47.4 Å². The van der Waals surface area contributed by atoms with E-state index < -0.39 is 43.0 Å². The molecule has 248 valence electrons. The van der Waals surface area contributed by atoms with Crippen LogP contribution in [-0.2, 0) is 18.3 Å². The number of carbonyl (C=O) groups is 2. The summed E-state index contributed by atoms with van der Waals surface area (Å²) in [6.45, 7) is 0.695. The first-order valence-corrected chi connectivity index (χ1v) is 14.9. The number of aromatic nitrogens is 2. The van der Waals surface area contributed by atoms with Crippen LogP contribution >= 0.6 is 0 Å². The van der Waals surface area contributed by atoms with Crippen molar-refractivity contribution in [2.24, 2.45) is 7.05 Å². The number of carbonyl (C=O) groups excluding carboxylic acids is 2. The molecule has 1 aliphatic carbocycles. The zero-order valence-corrected chi connectivity index (χ0v) is 26.0. The quantitative estimate of drug-likeness (QED) is 0.209. The van der Waals surface area contributed by atoms with E-state index in [-0.39, 0.29) is 34.2 Å². The van der Waals surface area contributed by atoms with Crippen LogP contribution in [0.25, 0.3) is 11.1 Å². The molecule has 2 aliphatic rings. The number of nitrogens with zero attached hydrogens (tertiary/aromatic N) is 3. The molecule has 1 saturated carbocycles. The highest BCUT2D eigenvalue weighted by Crippen LogP contribution is 2.42. The number of ether oxygens (including phenoxy) is 2. The lowest BCUT2D eigenvalue weighted by Gasteiger charge is -2.39. The minimum absolute atomic E-state index is 0.0923. The van der Waals surface area contributed by atoms with Crippen molar-refractivity contribution in [1.82, 2.24) is 19.8 Å². The molecule has 0 bridgehead atoms. The fraction of sp³-hybridized carbons (Fsp3) is 0.438. The zero-order valence-electron chi connectivity index (χ0n) is 26.0. The Morgan fingerprint density at radius 2 is 1.80 bits per heavy atom. The largest absolute Gasteiger partial charge is 0.435 e. The van der Waals surface area contributed by atoms with E-state index in [9.17, 15) is 31.9 Å². The lowest BCUT2D eigenvalue weighted by molar-refractivity contribution is -0.113. The fourth-order valence-electron chi connectivity index (χ4n) is 4.95. The summed E-state index contributed by atoms with van der Waals surface area (Å²) in [4.78, 5) is 44.9. The van der Waals surface area contributed by atoms with E-state index in [0.29, 0.717) is 36.5 Å². The van der Waals surface area contributed by atoms with Gasteiger partial charge in [0, 0.05) is 45.1 Å². The summed E-state index contributed by atoms with van der Waals surface area (Å²) >= 11 is 0. The molecule has 0 spiro atoms. The van der Waals surface area contributed by atoms with Gasteiger partial charge in [-0.2, -0.15) is 8.78 Å². The number of hydrogen-bond donors (Lipinski definition) is 2. The summed E-state index contributed by atoms with van der Waals surface area (Å²) in [5, 5.41) is 5.84. The van der Waals surface area contributed by atoms with E-state index in [2.05, 4.69) is 20.4 Å². The molecule has 1 aromatic carbocycles. The molecular weight excluding hydrogens is 610 g/mol. The van der Waals surface area contributed by atoms with Crippen molar-refractivity contribution < 1.29 is 36.6 Å². The Labute approximate surface area is 263 Å². The number of aryl methyl sites for hydroxylation is 1. The molecule has 2 N–H and O–H groups in total. The molecule has 46 heavy (non-hydrogen) atoms. The molecule has 0 radical (unpaired) electrons. The van der Waals surface area contributed by atoms with Gasteiger partial charge in [0.15, 0.2) is 0 Å². The van der Waals surface area contributed by atoms with Gasteiger partial charge in [0.25, 0.3) is 23.3 Å². The number of anilines is 1. The maximum atomic E-state index is 13.6. The summed E-state index contributed by atoms with van der Waals surface area (Å²) in [5.41, 5.74) is 1.22. The molecule has 3 aromatic rings. The van der Waals surface area contributed by atoms with E-state index in [0.717, 1.165) is 23.8 Å². The first-order valence-electron chi connectivity index (χ1n) is 14.9. The molecule has 1 saturated heterocycles. The Balaban J connectivity index is 0.00000235. The maximum absolute atomic E-state index is 13.6. The second-order valence-electron chi connectivity index (χ2n) is 10.8. The number of pyridine rings is 2. The summed E-state index contributed by atoms with van der Waals surface area (Å²) in [7, 11) is 3.12. The van der Waals surface area contributed by atoms with Gasteiger partial charge in [-0.15, -0.1) is 0 Å². The molecule has 14 heteroatoms. The standard InChI is InChI=1S/C30H31F4N5O5.C2H6/c1-38-14-17(13-35-7-8-43-2)9-23(27(38)41)26(40)37-25-11-19(10-24(36-25)18-3-4-18)21-6-5-20(44-29(31)32)12-22(21)28(42)39-15-30(33,34)16-39;1-2/h5-6,9-12,14,18,29,35H,3-4,7-8,13,15-16H2,1-2H3,(H,36,37,40);1-2H3. The summed E-state index contributed by atoms with van der Waals surface area (Å²) < 4.78 is 63.8. The Hall–Kier alpha value is -4.30. The third kappa shape index (κ3) is 8.49. The molecule has 1 aliphatic heterocycles. The number of benzene rings is 1. The van der Waals surface area contributed by atoms with E-state index in [1.807, 2.05) is 13.8 Å². The van der Waals surface area contributed by atoms with Gasteiger partial charge < -0.3 is 29.6 Å².